The van der Waals surface area contributed by atoms with E-state index in [1.54, 1.807) is 23.3 Å². The molecular formula is C18H22BrN3O3S2. The number of ether oxygens (including phenoxy) is 1. The van der Waals surface area contributed by atoms with Crippen molar-refractivity contribution in [2.24, 2.45) is 5.92 Å². The van der Waals surface area contributed by atoms with Gasteiger partial charge in [0.2, 0.25) is 5.91 Å². The number of piperidine rings is 1. The van der Waals surface area contributed by atoms with Gasteiger partial charge in [0.15, 0.2) is 0 Å². The fourth-order valence-electron chi connectivity index (χ4n) is 2.99. The van der Waals surface area contributed by atoms with Crippen LogP contribution in [0.3, 0.4) is 0 Å². The van der Waals surface area contributed by atoms with Crippen LogP contribution in [0.1, 0.15) is 29.8 Å². The van der Waals surface area contributed by atoms with Gasteiger partial charge in [0.25, 0.3) is 5.91 Å². The monoisotopic (exact) mass is 471 g/mol. The highest BCUT2D eigenvalue weighted by molar-refractivity contribution is 9.10. The van der Waals surface area contributed by atoms with Crippen LogP contribution in [0.15, 0.2) is 21.3 Å². The van der Waals surface area contributed by atoms with Gasteiger partial charge >= 0.3 is 0 Å². The molecule has 1 aliphatic rings. The molecule has 2 aromatic heterocycles. The van der Waals surface area contributed by atoms with Gasteiger partial charge in [0.1, 0.15) is 10.7 Å². The summed E-state index contributed by atoms with van der Waals surface area (Å²) in [6.07, 6.45) is 2.19. The van der Waals surface area contributed by atoms with Gasteiger partial charge in [-0.1, -0.05) is 0 Å². The summed E-state index contributed by atoms with van der Waals surface area (Å²) in [7, 11) is 1.65. The van der Waals surface area contributed by atoms with Gasteiger partial charge in [-0.3, -0.25) is 9.59 Å². The molecule has 1 saturated heterocycles. The summed E-state index contributed by atoms with van der Waals surface area (Å²) in [5.74, 6) is 0.00977. The second kappa shape index (κ2) is 9.77. The Balaban J connectivity index is 1.50. The number of hydrogen-bond donors (Lipinski definition) is 1. The summed E-state index contributed by atoms with van der Waals surface area (Å²) in [6, 6.07) is 2.01. The minimum Gasteiger partial charge on any atom is -0.385 e. The lowest BCUT2D eigenvalue weighted by atomic mass is 9.95. The number of nitrogens with one attached hydrogen (secondary N) is 1. The first-order chi connectivity index (χ1) is 13.1. The number of amides is 2. The van der Waals surface area contributed by atoms with Crippen LogP contribution in [-0.4, -0.2) is 55.0 Å². The summed E-state index contributed by atoms with van der Waals surface area (Å²) in [5, 5.41) is 7.63. The third-order valence-corrected chi connectivity index (χ3v) is 7.18. The quantitative estimate of drug-likeness (QED) is 0.625. The number of rotatable bonds is 7. The number of thiazole rings is 1. The Labute approximate surface area is 175 Å². The van der Waals surface area contributed by atoms with Crippen molar-refractivity contribution in [3.05, 3.63) is 27.0 Å². The molecule has 0 bridgehead atoms. The van der Waals surface area contributed by atoms with Crippen LogP contribution >= 0.6 is 38.6 Å². The molecule has 0 atom stereocenters. The third-order valence-electron chi connectivity index (χ3n) is 4.48. The Kier molecular flexibility index (Phi) is 7.40. The lowest BCUT2D eigenvalue weighted by Gasteiger charge is -2.30. The number of carbonyl (C=O) groups excluding carboxylic acids is 2. The predicted octanol–water partition coefficient (Wildman–Crippen LogP) is 3.64. The lowest BCUT2D eigenvalue weighted by Crippen LogP contribution is -2.43. The predicted molar refractivity (Wildman–Crippen MR) is 111 cm³/mol. The van der Waals surface area contributed by atoms with Crippen molar-refractivity contribution in [1.29, 1.82) is 0 Å². The second-order valence-electron chi connectivity index (χ2n) is 6.37. The molecule has 1 fully saturated rings. The first-order valence-electron chi connectivity index (χ1n) is 8.84. The number of methoxy groups -OCH3 is 1. The maximum Gasteiger partial charge on any atom is 0.273 e. The van der Waals surface area contributed by atoms with Gasteiger partial charge in [-0.2, -0.15) is 0 Å². The standard InChI is InChI=1S/C18H22BrN3O3S2/c1-25-8-2-5-20-16(23)12-3-6-22(7-4-12)18(24)14-11-27-17(21-14)15-9-13(19)10-26-15/h9-12H,2-8H2,1H3,(H,20,23). The van der Waals surface area contributed by atoms with E-state index in [0.29, 0.717) is 44.8 Å². The summed E-state index contributed by atoms with van der Waals surface area (Å²) in [4.78, 5) is 32.3. The average Bonchev–Trinajstić information content (AvgIpc) is 3.33. The van der Waals surface area contributed by atoms with Crippen LogP contribution in [0, 0.1) is 5.92 Å². The van der Waals surface area contributed by atoms with Crippen molar-refractivity contribution in [2.75, 3.05) is 33.4 Å². The Morgan fingerprint density at radius 2 is 2.11 bits per heavy atom. The number of hydrogen-bond acceptors (Lipinski definition) is 6. The molecule has 3 rings (SSSR count). The van der Waals surface area contributed by atoms with Gasteiger partial charge in [0.05, 0.1) is 4.88 Å². The fourth-order valence-corrected chi connectivity index (χ4v) is 5.29. The third kappa shape index (κ3) is 5.37. The summed E-state index contributed by atoms with van der Waals surface area (Å²) < 4.78 is 6.00. The molecule has 0 aliphatic carbocycles. The number of carbonyl (C=O) groups is 2. The summed E-state index contributed by atoms with van der Waals surface area (Å²) >= 11 is 6.52. The van der Waals surface area contributed by atoms with Gasteiger partial charge in [-0.25, -0.2) is 4.98 Å². The summed E-state index contributed by atoms with van der Waals surface area (Å²) in [6.45, 7) is 2.45. The molecule has 0 aromatic carbocycles. The van der Waals surface area contributed by atoms with E-state index < -0.39 is 0 Å². The summed E-state index contributed by atoms with van der Waals surface area (Å²) in [5.41, 5.74) is 0.488. The number of thiophene rings is 1. The van der Waals surface area contributed by atoms with Crippen LogP contribution in [0.25, 0.3) is 9.88 Å². The zero-order valence-electron chi connectivity index (χ0n) is 15.1. The number of nitrogens with zero attached hydrogens (tertiary/aromatic N) is 2. The Bertz CT molecular complexity index is 784. The van der Waals surface area contributed by atoms with Crippen molar-refractivity contribution in [1.82, 2.24) is 15.2 Å². The van der Waals surface area contributed by atoms with Crippen molar-refractivity contribution in [3.63, 3.8) is 0 Å². The van der Waals surface area contributed by atoms with Crippen molar-refractivity contribution < 1.29 is 14.3 Å². The zero-order chi connectivity index (χ0) is 19.2. The van der Waals surface area contributed by atoms with Gasteiger partial charge in [-0.05, 0) is 41.3 Å². The van der Waals surface area contributed by atoms with Crippen LogP contribution in [0.5, 0.6) is 0 Å². The highest BCUT2D eigenvalue weighted by Crippen LogP contribution is 2.32. The van der Waals surface area contributed by atoms with Gasteiger partial charge in [0, 0.05) is 54.5 Å². The van der Waals surface area contributed by atoms with E-state index in [1.807, 2.05) is 16.8 Å². The van der Waals surface area contributed by atoms with Gasteiger partial charge < -0.3 is 15.0 Å². The number of halogens is 1. The topological polar surface area (TPSA) is 71.5 Å². The minimum absolute atomic E-state index is 0.0222. The fraction of sp³-hybridized carbons (Fsp3) is 0.500. The average molecular weight is 472 g/mol. The maximum absolute atomic E-state index is 12.7. The number of aromatic nitrogens is 1. The molecule has 0 saturated carbocycles. The van der Waals surface area contributed by atoms with E-state index in [2.05, 4.69) is 26.2 Å². The molecule has 1 aliphatic heterocycles. The normalized spacial score (nSPS) is 15.1. The molecule has 146 valence electrons. The molecule has 6 nitrogen and oxygen atoms in total. The van der Waals surface area contributed by atoms with Crippen LogP contribution in [-0.2, 0) is 9.53 Å². The Hall–Kier alpha value is -1.29. The SMILES string of the molecule is COCCCNC(=O)C1CCN(C(=O)c2csc(-c3cc(Br)cs3)n2)CC1. The van der Waals surface area contributed by atoms with Crippen LogP contribution in [0.2, 0.25) is 0 Å². The number of likely N-dealkylation sites (tertiary alicyclic amines) is 1. The molecule has 9 heteroatoms. The van der Waals surface area contributed by atoms with Crippen molar-refractivity contribution in [3.8, 4) is 9.88 Å². The largest absolute Gasteiger partial charge is 0.385 e. The molecule has 3 heterocycles. The van der Waals surface area contributed by atoms with E-state index in [9.17, 15) is 9.59 Å². The maximum atomic E-state index is 12.7. The molecule has 1 N–H and O–H groups in total. The van der Waals surface area contributed by atoms with Crippen molar-refractivity contribution >= 4 is 50.4 Å². The molecule has 2 aromatic rings. The second-order valence-corrected chi connectivity index (χ2v) is 9.06. The van der Waals surface area contributed by atoms with Crippen LogP contribution < -0.4 is 5.32 Å². The zero-order valence-corrected chi connectivity index (χ0v) is 18.3. The smallest absolute Gasteiger partial charge is 0.273 e. The molecule has 2 amide bonds. The minimum atomic E-state index is -0.0490. The first-order valence-corrected chi connectivity index (χ1v) is 11.4. The van der Waals surface area contributed by atoms with E-state index in [0.717, 1.165) is 20.8 Å². The molecule has 0 radical (unpaired) electrons. The van der Waals surface area contributed by atoms with Gasteiger partial charge in [-0.15, -0.1) is 22.7 Å². The van der Waals surface area contributed by atoms with E-state index in [-0.39, 0.29) is 17.7 Å². The van der Waals surface area contributed by atoms with E-state index in [1.165, 1.54) is 11.3 Å². The van der Waals surface area contributed by atoms with E-state index >= 15 is 0 Å². The first kappa shape index (κ1) is 20.4. The highest BCUT2D eigenvalue weighted by atomic mass is 79.9. The Morgan fingerprint density at radius 3 is 2.78 bits per heavy atom. The highest BCUT2D eigenvalue weighted by Gasteiger charge is 2.28. The Morgan fingerprint density at radius 1 is 1.33 bits per heavy atom. The molecule has 0 spiro atoms. The molecular weight excluding hydrogens is 450 g/mol. The van der Waals surface area contributed by atoms with E-state index in [4.69, 9.17) is 4.74 Å². The van der Waals surface area contributed by atoms with Crippen molar-refractivity contribution in [2.45, 2.75) is 19.3 Å². The van der Waals surface area contributed by atoms with Crippen LogP contribution in [0.4, 0.5) is 0 Å². The lowest BCUT2D eigenvalue weighted by molar-refractivity contribution is -0.126. The molecule has 27 heavy (non-hydrogen) atoms. The molecule has 0 unspecified atom stereocenters.